The number of nitrogens with zero attached hydrogens (tertiary/aromatic N) is 2. The number of halogens is 2. The molecule has 0 atom stereocenters. The van der Waals surface area contributed by atoms with Crippen LogP contribution in [0.15, 0.2) is 54.9 Å². The lowest BCUT2D eigenvalue weighted by molar-refractivity contribution is 0.101. The van der Waals surface area contributed by atoms with Crippen LogP contribution in [0.4, 0.5) is 21.6 Å². The average Bonchev–Trinajstić information content (AvgIpc) is 2.66. The maximum atomic E-state index is 13.2. The molecule has 1 amide bonds. The minimum atomic E-state index is -0.568. The highest BCUT2D eigenvalue weighted by Gasteiger charge is 2.10. The van der Waals surface area contributed by atoms with Gasteiger partial charge in [0.05, 0.1) is 17.4 Å². The van der Waals surface area contributed by atoms with Crippen molar-refractivity contribution in [1.82, 2.24) is 9.97 Å². The van der Waals surface area contributed by atoms with Crippen molar-refractivity contribution < 1.29 is 14.0 Å². The summed E-state index contributed by atoms with van der Waals surface area (Å²) in [5, 5.41) is 5.50. The average molecular weight is 385 g/mol. The van der Waals surface area contributed by atoms with Crippen LogP contribution in [0.2, 0.25) is 5.02 Å². The fraction of sp³-hybridized carbons (Fsp3) is 0.0526. The van der Waals surface area contributed by atoms with E-state index in [0.717, 1.165) is 11.8 Å². The second kappa shape index (κ2) is 7.92. The largest absolute Gasteiger partial charge is 0.339 e. The first kappa shape index (κ1) is 18.5. The molecule has 1 heterocycles. The molecule has 0 fully saturated rings. The zero-order valence-electron chi connectivity index (χ0n) is 14.2. The molecule has 2 N–H and O–H groups in total. The highest BCUT2D eigenvalue weighted by molar-refractivity contribution is 6.31. The molecule has 0 unspecified atom stereocenters. The molecule has 0 spiro atoms. The number of nitrogens with one attached hydrogen (secondary N) is 2. The maximum Gasteiger partial charge on any atom is 0.275 e. The number of carbonyl (C=O) groups excluding carboxylic acids is 2. The minimum absolute atomic E-state index is 0.0147. The lowest BCUT2D eigenvalue weighted by Gasteiger charge is -2.08. The third kappa shape index (κ3) is 4.65. The number of carbonyl (C=O) groups is 2. The highest BCUT2D eigenvalue weighted by atomic mass is 35.5. The predicted molar refractivity (Wildman–Crippen MR) is 101 cm³/mol. The van der Waals surface area contributed by atoms with Gasteiger partial charge in [-0.25, -0.2) is 14.4 Å². The van der Waals surface area contributed by atoms with Gasteiger partial charge in [-0.05, 0) is 49.4 Å². The van der Waals surface area contributed by atoms with Gasteiger partial charge in [0.2, 0.25) is 0 Å². The first-order chi connectivity index (χ1) is 12.9. The van der Waals surface area contributed by atoms with E-state index in [1.807, 2.05) is 0 Å². The van der Waals surface area contributed by atoms with E-state index in [1.165, 1.54) is 31.5 Å². The van der Waals surface area contributed by atoms with Gasteiger partial charge in [0.1, 0.15) is 17.3 Å². The fourth-order valence-electron chi connectivity index (χ4n) is 2.22. The van der Waals surface area contributed by atoms with Crippen LogP contribution >= 0.6 is 11.6 Å². The van der Waals surface area contributed by atoms with E-state index in [2.05, 4.69) is 20.6 Å². The van der Waals surface area contributed by atoms with Crippen molar-refractivity contribution in [2.75, 3.05) is 10.6 Å². The first-order valence-corrected chi connectivity index (χ1v) is 8.26. The molecule has 0 aliphatic rings. The van der Waals surface area contributed by atoms with Gasteiger partial charge < -0.3 is 10.6 Å². The van der Waals surface area contributed by atoms with Gasteiger partial charge in [-0.15, -0.1) is 0 Å². The van der Waals surface area contributed by atoms with E-state index in [-0.39, 0.29) is 16.5 Å². The Morgan fingerprint density at radius 1 is 1.00 bits per heavy atom. The van der Waals surface area contributed by atoms with Crippen molar-refractivity contribution in [2.24, 2.45) is 0 Å². The second-order valence-electron chi connectivity index (χ2n) is 5.63. The van der Waals surface area contributed by atoms with Crippen LogP contribution < -0.4 is 10.6 Å². The molecule has 0 aliphatic carbocycles. The van der Waals surface area contributed by atoms with Gasteiger partial charge >= 0.3 is 0 Å². The van der Waals surface area contributed by atoms with E-state index < -0.39 is 11.7 Å². The summed E-state index contributed by atoms with van der Waals surface area (Å²) in [6.07, 6.45) is 2.72. The summed E-state index contributed by atoms with van der Waals surface area (Å²) in [6.45, 7) is 1.50. The Kier molecular flexibility index (Phi) is 5.42. The molecule has 3 aromatic rings. The smallest absolute Gasteiger partial charge is 0.275 e. The van der Waals surface area contributed by atoms with Crippen LogP contribution in [-0.2, 0) is 0 Å². The molecule has 136 valence electrons. The summed E-state index contributed by atoms with van der Waals surface area (Å²) in [7, 11) is 0. The number of Topliss-reactive ketones (excluding diaryl/α,β-unsaturated/α-hetero) is 1. The maximum absolute atomic E-state index is 13.2. The Hall–Kier alpha value is -3.32. The molecule has 8 heteroatoms. The van der Waals surface area contributed by atoms with Gasteiger partial charge in [-0.2, -0.15) is 0 Å². The van der Waals surface area contributed by atoms with Crippen molar-refractivity contribution in [1.29, 1.82) is 0 Å². The summed E-state index contributed by atoms with van der Waals surface area (Å²) in [5.41, 5.74) is 1.78. The molecule has 0 saturated heterocycles. The van der Waals surface area contributed by atoms with Crippen LogP contribution in [0, 0.1) is 5.82 Å². The fourth-order valence-corrected chi connectivity index (χ4v) is 2.40. The second-order valence-corrected chi connectivity index (χ2v) is 6.04. The SMILES string of the molecule is CC(=O)c1ccc(Nc2cnc(C(=O)Nc3ccc(F)c(Cl)c3)cn2)cc1. The van der Waals surface area contributed by atoms with Crippen LogP contribution in [0.1, 0.15) is 27.8 Å². The Morgan fingerprint density at radius 3 is 2.30 bits per heavy atom. The summed E-state index contributed by atoms with van der Waals surface area (Å²) in [5.74, 6) is -0.644. The van der Waals surface area contributed by atoms with Gasteiger partial charge in [-0.1, -0.05) is 11.6 Å². The van der Waals surface area contributed by atoms with Crippen molar-refractivity contribution in [3.8, 4) is 0 Å². The van der Waals surface area contributed by atoms with Crippen LogP contribution in [0.3, 0.4) is 0 Å². The quantitative estimate of drug-likeness (QED) is 0.634. The van der Waals surface area contributed by atoms with E-state index in [9.17, 15) is 14.0 Å². The number of ketones is 1. The topological polar surface area (TPSA) is 84.0 Å². The molecule has 27 heavy (non-hydrogen) atoms. The van der Waals surface area contributed by atoms with Crippen LogP contribution in [0.25, 0.3) is 0 Å². The van der Waals surface area contributed by atoms with E-state index in [1.54, 1.807) is 24.3 Å². The Balaban J connectivity index is 1.66. The lowest BCUT2D eigenvalue weighted by Crippen LogP contribution is -2.14. The molecular formula is C19H14ClFN4O2. The number of hydrogen-bond donors (Lipinski definition) is 2. The zero-order chi connectivity index (χ0) is 19.4. The predicted octanol–water partition coefficient (Wildman–Crippen LogP) is 4.47. The van der Waals surface area contributed by atoms with Crippen LogP contribution in [0.5, 0.6) is 0 Å². The molecular weight excluding hydrogens is 371 g/mol. The Labute approximate surface area is 159 Å². The third-order valence-corrected chi connectivity index (χ3v) is 3.92. The van der Waals surface area contributed by atoms with Gasteiger partial charge in [0, 0.05) is 16.9 Å². The highest BCUT2D eigenvalue weighted by Crippen LogP contribution is 2.20. The standard InChI is InChI=1S/C19H14ClFN4O2/c1-11(26)12-2-4-13(5-3-12)24-18-10-22-17(9-23-18)19(27)25-14-6-7-16(21)15(20)8-14/h2-10H,1H3,(H,23,24)(H,25,27). The number of rotatable bonds is 5. The van der Waals surface area contributed by atoms with Gasteiger partial charge in [0.25, 0.3) is 5.91 Å². The summed E-state index contributed by atoms with van der Waals surface area (Å²) in [6, 6.07) is 10.8. The minimum Gasteiger partial charge on any atom is -0.339 e. The van der Waals surface area contributed by atoms with Gasteiger partial charge in [-0.3, -0.25) is 9.59 Å². The molecule has 0 saturated carbocycles. The number of amides is 1. The van der Waals surface area contributed by atoms with Crippen molar-refractivity contribution in [2.45, 2.75) is 6.92 Å². The molecule has 3 rings (SSSR count). The summed E-state index contributed by atoms with van der Waals surface area (Å²) in [4.78, 5) is 31.7. The Bertz CT molecular complexity index is 992. The Morgan fingerprint density at radius 2 is 1.70 bits per heavy atom. The number of aromatic nitrogens is 2. The van der Waals surface area contributed by atoms with Crippen molar-refractivity contribution in [3.63, 3.8) is 0 Å². The van der Waals surface area contributed by atoms with Crippen LogP contribution in [-0.4, -0.2) is 21.7 Å². The van der Waals surface area contributed by atoms with E-state index in [0.29, 0.717) is 17.1 Å². The third-order valence-electron chi connectivity index (χ3n) is 3.63. The molecule has 0 bridgehead atoms. The van der Waals surface area contributed by atoms with E-state index in [4.69, 9.17) is 11.6 Å². The lowest BCUT2D eigenvalue weighted by atomic mass is 10.1. The zero-order valence-corrected chi connectivity index (χ0v) is 14.9. The van der Waals surface area contributed by atoms with Gasteiger partial charge in [0.15, 0.2) is 5.78 Å². The molecule has 2 aromatic carbocycles. The molecule has 1 aromatic heterocycles. The number of anilines is 3. The molecule has 0 aliphatic heterocycles. The number of benzene rings is 2. The van der Waals surface area contributed by atoms with E-state index >= 15 is 0 Å². The summed E-state index contributed by atoms with van der Waals surface area (Å²) >= 11 is 5.69. The normalized spacial score (nSPS) is 10.3. The van der Waals surface area contributed by atoms with Crippen molar-refractivity contribution in [3.05, 3.63) is 77.0 Å². The summed E-state index contributed by atoms with van der Waals surface area (Å²) < 4.78 is 13.2. The number of hydrogen-bond acceptors (Lipinski definition) is 5. The molecule has 6 nitrogen and oxygen atoms in total. The monoisotopic (exact) mass is 384 g/mol. The first-order valence-electron chi connectivity index (χ1n) is 7.89. The van der Waals surface area contributed by atoms with Crippen molar-refractivity contribution >= 4 is 40.5 Å². The molecule has 0 radical (unpaired) electrons.